The first-order valence-corrected chi connectivity index (χ1v) is 7.06. The van der Waals surface area contributed by atoms with Gasteiger partial charge in [-0.05, 0) is 31.2 Å². The zero-order chi connectivity index (χ0) is 19.0. The number of carbonyl (C=O) groups is 2. The van der Waals surface area contributed by atoms with E-state index in [4.69, 9.17) is 9.47 Å². The molecule has 0 fully saturated rings. The molecule has 1 aromatic carbocycles. The predicted octanol–water partition coefficient (Wildman–Crippen LogP) is 2.26. The van der Waals surface area contributed by atoms with Gasteiger partial charge in [0.15, 0.2) is 5.78 Å². The van der Waals surface area contributed by atoms with E-state index in [1.165, 1.54) is 6.92 Å². The van der Waals surface area contributed by atoms with E-state index in [1.807, 2.05) is 0 Å². The van der Waals surface area contributed by atoms with Crippen LogP contribution in [0.15, 0.2) is 36.4 Å². The second-order valence-corrected chi connectivity index (χ2v) is 5.04. The van der Waals surface area contributed by atoms with Crippen LogP contribution in [0.25, 0.3) is 0 Å². The van der Waals surface area contributed by atoms with Crippen molar-refractivity contribution in [1.82, 2.24) is 0 Å². The van der Waals surface area contributed by atoms with Gasteiger partial charge in [-0.25, -0.2) is 4.79 Å². The lowest BCUT2D eigenvalue weighted by molar-refractivity contribution is -0.274. The third-order valence-corrected chi connectivity index (χ3v) is 2.71. The topological polar surface area (TPSA) is 82.1 Å². The first kappa shape index (κ1) is 20.7. The Balaban J connectivity index is 2.36. The number of ketones is 1. The maximum Gasteiger partial charge on any atom is 0.573 e. The van der Waals surface area contributed by atoms with Crippen LogP contribution in [0.4, 0.5) is 13.2 Å². The zero-order valence-corrected chi connectivity index (χ0v) is 13.3. The molecular formula is C16H17F3O6. The largest absolute Gasteiger partial charge is 0.573 e. The summed E-state index contributed by atoms with van der Waals surface area (Å²) in [6.07, 6.45) is -5.93. The predicted molar refractivity (Wildman–Crippen MR) is 80.1 cm³/mol. The molecule has 1 rings (SSSR count). The number of benzene rings is 1. The molecular weight excluding hydrogens is 345 g/mol. The Hall–Kier alpha value is -2.39. The molecule has 25 heavy (non-hydrogen) atoms. The highest BCUT2D eigenvalue weighted by atomic mass is 19.4. The van der Waals surface area contributed by atoms with Crippen molar-refractivity contribution in [1.29, 1.82) is 0 Å². The molecule has 1 aromatic rings. The first-order valence-electron chi connectivity index (χ1n) is 7.06. The molecule has 0 amide bonds. The highest BCUT2D eigenvalue weighted by Gasteiger charge is 2.31. The van der Waals surface area contributed by atoms with Crippen molar-refractivity contribution >= 4 is 11.8 Å². The quantitative estimate of drug-likeness (QED) is 0.412. The fourth-order valence-electron chi connectivity index (χ4n) is 1.56. The fourth-order valence-corrected chi connectivity index (χ4v) is 1.56. The first-order chi connectivity index (χ1) is 11.6. The lowest BCUT2D eigenvalue weighted by Crippen LogP contribution is -2.25. The van der Waals surface area contributed by atoms with E-state index in [1.54, 1.807) is 0 Å². The van der Waals surface area contributed by atoms with Crippen molar-refractivity contribution in [2.45, 2.75) is 19.4 Å². The number of aliphatic hydroxyl groups is 1. The maximum absolute atomic E-state index is 12.0. The van der Waals surface area contributed by atoms with Crippen LogP contribution in [-0.2, 0) is 14.3 Å². The van der Waals surface area contributed by atoms with Crippen LogP contribution in [-0.4, -0.2) is 49.1 Å². The van der Waals surface area contributed by atoms with Gasteiger partial charge >= 0.3 is 12.3 Å². The van der Waals surface area contributed by atoms with Crippen LogP contribution in [0.1, 0.15) is 17.3 Å². The Bertz CT molecular complexity index is 609. The Labute approximate surface area is 141 Å². The molecule has 0 spiro atoms. The van der Waals surface area contributed by atoms with Crippen molar-refractivity contribution in [2.75, 3.05) is 19.8 Å². The monoisotopic (exact) mass is 362 g/mol. The summed E-state index contributed by atoms with van der Waals surface area (Å²) in [7, 11) is 0. The summed E-state index contributed by atoms with van der Waals surface area (Å²) in [6.45, 7) is 3.85. The summed E-state index contributed by atoms with van der Waals surface area (Å²) in [5, 5.41) is 9.54. The summed E-state index contributed by atoms with van der Waals surface area (Å²) in [5.41, 5.74) is 0.305. The Morgan fingerprint density at radius 2 is 1.80 bits per heavy atom. The molecule has 1 N–H and O–H groups in total. The molecule has 138 valence electrons. The van der Waals surface area contributed by atoms with Gasteiger partial charge in [0.25, 0.3) is 0 Å². The number of rotatable bonds is 9. The number of hydrogen-bond donors (Lipinski definition) is 1. The second-order valence-electron chi connectivity index (χ2n) is 5.04. The SMILES string of the molecule is C=C(C)C(=O)OCC(O)COCC(=O)c1ccc(OC(F)(F)F)cc1. The van der Waals surface area contributed by atoms with Gasteiger partial charge in [-0.2, -0.15) is 0 Å². The van der Waals surface area contributed by atoms with E-state index in [2.05, 4.69) is 11.3 Å². The number of halogens is 3. The van der Waals surface area contributed by atoms with Crippen LogP contribution in [0.3, 0.4) is 0 Å². The average molecular weight is 362 g/mol. The van der Waals surface area contributed by atoms with Crippen LogP contribution in [0.5, 0.6) is 5.75 Å². The van der Waals surface area contributed by atoms with E-state index in [9.17, 15) is 27.9 Å². The summed E-state index contributed by atoms with van der Waals surface area (Å²) in [5.74, 6) is -1.60. The van der Waals surface area contributed by atoms with Crippen molar-refractivity contribution < 1.29 is 42.1 Å². The van der Waals surface area contributed by atoms with Crippen molar-refractivity contribution in [2.24, 2.45) is 0 Å². The van der Waals surface area contributed by atoms with Gasteiger partial charge in [-0.3, -0.25) is 4.79 Å². The van der Waals surface area contributed by atoms with Gasteiger partial charge in [-0.15, -0.1) is 13.2 Å². The molecule has 0 saturated heterocycles. The fraction of sp³-hybridized carbons (Fsp3) is 0.375. The van der Waals surface area contributed by atoms with Crippen molar-refractivity contribution in [3.8, 4) is 5.75 Å². The molecule has 1 unspecified atom stereocenters. The molecule has 1 atom stereocenters. The molecule has 0 aliphatic rings. The van der Waals surface area contributed by atoms with Crippen molar-refractivity contribution in [3.63, 3.8) is 0 Å². The van der Waals surface area contributed by atoms with E-state index < -0.39 is 36.6 Å². The highest BCUT2D eigenvalue weighted by Crippen LogP contribution is 2.22. The number of Topliss-reactive ketones (excluding diaryl/α,β-unsaturated/α-hetero) is 1. The van der Waals surface area contributed by atoms with Gasteiger partial charge in [-0.1, -0.05) is 6.58 Å². The summed E-state index contributed by atoms with van der Waals surface area (Å²) < 4.78 is 49.5. The molecule has 6 nitrogen and oxygen atoms in total. The Morgan fingerprint density at radius 1 is 1.20 bits per heavy atom. The number of aliphatic hydroxyl groups excluding tert-OH is 1. The number of hydrogen-bond acceptors (Lipinski definition) is 6. The minimum Gasteiger partial charge on any atom is -0.460 e. The molecule has 0 heterocycles. The zero-order valence-electron chi connectivity index (χ0n) is 13.3. The molecule has 0 bridgehead atoms. The molecule has 9 heteroatoms. The normalized spacial score (nSPS) is 12.4. The summed E-state index contributed by atoms with van der Waals surface area (Å²) >= 11 is 0. The minimum atomic E-state index is -4.81. The van der Waals surface area contributed by atoms with Crippen LogP contribution in [0.2, 0.25) is 0 Å². The van der Waals surface area contributed by atoms with E-state index in [0.29, 0.717) is 0 Å². The highest BCUT2D eigenvalue weighted by molar-refractivity contribution is 5.97. The van der Waals surface area contributed by atoms with E-state index in [-0.39, 0.29) is 24.4 Å². The lowest BCUT2D eigenvalue weighted by Gasteiger charge is -2.12. The van der Waals surface area contributed by atoms with Gasteiger partial charge in [0.1, 0.15) is 25.1 Å². The molecule has 0 aliphatic heterocycles. The summed E-state index contributed by atoms with van der Waals surface area (Å²) in [4.78, 5) is 22.9. The number of esters is 1. The van der Waals surface area contributed by atoms with Gasteiger partial charge in [0.2, 0.25) is 0 Å². The van der Waals surface area contributed by atoms with Crippen LogP contribution < -0.4 is 4.74 Å². The summed E-state index contributed by atoms with van der Waals surface area (Å²) in [6, 6.07) is 4.34. The maximum atomic E-state index is 12.0. The number of alkyl halides is 3. The third-order valence-electron chi connectivity index (χ3n) is 2.71. The third kappa shape index (κ3) is 8.32. The van der Waals surface area contributed by atoms with E-state index in [0.717, 1.165) is 24.3 Å². The molecule has 0 aromatic heterocycles. The van der Waals surface area contributed by atoms with Gasteiger partial charge in [0, 0.05) is 11.1 Å². The van der Waals surface area contributed by atoms with Crippen molar-refractivity contribution in [3.05, 3.63) is 42.0 Å². The smallest absolute Gasteiger partial charge is 0.460 e. The number of ether oxygens (including phenoxy) is 3. The Morgan fingerprint density at radius 3 is 2.32 bits per heavy atom. The molecule has 0 aliphatic carbocycles. The standard InChI is InChI=1S/C16H17F3O6/c1-10(2)15(22)24-8-12(20)7-23-9-14(21)11-3-5-13(6-4-11)25-16(17,18)19/h3-6,12,20H,1,7-9H2,2H3. The molecule has 0 saturated carbocycles. The average Bonchev–Trinajstić information content (AvgIpc) is 2.51. The lowest BCUT2D eigenvalue weighted by atomic mass is 10.1. The minimum absolute atomic E-state index is 0.123. The molecule has 0 radical (unpaired) electrons. The van der Waals surface area contributed by atoms with E-state index >= 15 is 0 Å². The second kappa shape index (κ2) is 9.19. The van der Waals surface area contributed by atoms with Crippen LogP contribution in [0, 0.1) is 0 Å². The van der Waals surface area contributed by atoms with Gasteiger partial charge in [0.05, 0.1) is 6.61 Å². The van der Waals surface area contributed by atoms with Crippen LogP contribution >= 0.6 is 0 Å². The number of carbonyl (C=O) groups excluding carboxylic acids is 2. The van der Waals surface area contributed by atoms with Gasteiger partial charge < -0.3 is 19.3 Å². The Kier molecular flexibility index (Phi) is 7.59.